The van der Waals surface area contributed by atoms with Crippen LogP contribution in [0.15, 0.2) is 30.3 Å². The normalized spacial score (nSPS) is 15.5. The SMILES string of the molecule is C[C@@](C=O)(OCc1ccccc1)C(F)(F)F. The Morgan fingerprint density at radius 2 is 1.81 bits per heavy atom. The van der Waals surface area contributed by atoms with Gasteiger partial charge < -0.3 is 4.74 Å². The number of rotatable bonds is 4. The van der Waals surface area contributed by atoms with Gasteiger partial charge in [-0.25, -0.2) is 0 Å². The van der Waals surface area contributed by atoms with E-state index < -0.39 is 11.8 Å². The fourth-order valence-electron chi connectivity index (χ4n) is 0.990. The van der Waals surface area contributed by atoms with E-state index in [2.05, 4.69) is 4.74 Å². The van der Waals surface area contributed by atoms with Crippen LogP contribution in [0.2, 0.25) is 0 Å². The summed E-state index contributed by atoms with van der Waals surface area (Å²) in [5.74, 6) is 0. The maximum atomic E-state index is 12.5. The van der Waals surface area contributed by atoms with E-state index in [0.29, 0.717) is 12.5 Å². The lowest BCUT2D eigenvalue weighted by Gasteiger charge is -2.26. The molecule has 0 aromatic heterocycles. The molecule has 1 aromatic carbocycles. The molecule has 0 aliphatic rings. The Kier molecular flexibility index (Phi) is 3.70. The van der Waals surface area contributed by atoms with Crippen LogP contribution >= 0.6 is 0 Å². The van der Waals surface area contributed by atoms with E-state index in [1.807, 2.05) is 0 Å². The maximum Gasteiger partial charge on any atom is 0.424 e. The highest BCUT2D eigenvalue weighted by atomic mass is 19.4. The van der Waals surface area contributed by atoms with Gasteiger partial charge in [-0.2, -0.15) is 13.2 Å². The highest BCUT2D eigenvalue weighted by molar-refractivity contribution is 5.63. The summed E-state index contributed by atoms with van der Waals surface area (Å²) < 4.78 is 42.0. The van der Waals surface area contributed by atoms with E-state index in [1.165, 1.54) is 0 Å². The van der Waals surface area contributed by atoms with Crippen molar-refractivity contribution in [3.63, 3.8) is 0 Å². The fourth-order valence-corrected chi connectivity index (χ4v) is 0.990. The number of alkyl halides is 3. The third kappa shape index (κ3) is 2.82. The van der Waals surface area contributed by atoms with Gasteiger partial charge in [0.1, 0.15) is 0 Å². The number of halogens is 3. The van der Waals surface area contributed by atoms with Gasteiger partial charge in [0.2, 0.25) is 5.60 Å². The van der Waals surface area contributed by atoms with Crippen molar-refractivity contribution in [1.29, 1.82) is 0 Å². The Bertz CT molecular complexity index is 348. The number of carbonyl (C=O) groups is 1. The summed E-state index contributed by atoms with van der Waals surface area (Å²) in [5, 5.41) is 0. The van der Waals surface area contributed by atoms with Crippen molar-refractivity contribution in [3.05, 3.63) is 35.9 Å². The number of benzene rings is 1. The zero-order valence-corrected chi connectivity index (χ0v) is 8.62. The lowest BCUT2D eigenvalue weighted by Crippen LogP contribution is -2.46. The Balaban J connectivity index is 2.70. The van der Waals surface area contributed by atoms with E-state index >= 15 is 0 Å². The number of carbonyl (C=O) groups excluding carboxylic acids is 1. The molecule has 0 aliphatic carbocycles. The molecule has 0 amide bonds. The predicted octanol–water partition coefficient (Wildman–Crippen LogP) is 2.72. The predicted molar refractivity (Wildman–Crippen MR) is 51.8 cm³/mol. The molecule has 0 unspecified atom stereocenters. The van der Waals surface area contributed by atoms with E-state index in [9.17, 15) is 18.0 Å². The first-order chi connectivity index (χ1) is 7.39. The average molecular weight is 232 g/mol. The molecular formula is C11H11F3O2. The van der Waals surface area contributed by atoms with Gasteiger partial charge in [-0.1, -0.05) is 30.3 Å². The summed E-state index contributed by atoms with van der Waals surface area (Å²) in [7, 11) is 0. The van der Waals surface area contributed by atoms with Gasteiger partial charge in [0.15, 0.2) is 6.29 Å². The second-order valence-electron chi connectivity index (χ2n) is 3.50. The average Bonchev–Trinajstić information content (AvgIpc) is 2.26. The van der Waals surface area contributed by atoms with Crippen LogP contribution < -0.4 is 0 Å². The minimum atomic E-state index is -4.70. The summed E-state index contributed by atoms with van der Waals surface area (Å²) in [4.78, 5) is 10.4. The van der Waals surface area contributed by atoms with Gasteiger partial charge in [0, 0.05) is 0 Å². The van der Waals surface area contributed by atoms with Gasteiger partial charge in [-0.05, 0) is 12.5 Å². The van der Waals surface area contributed by atoms with Crippen molar-refractivity contribution in [3.8, 4) is 0 Å². The van der Waals surface area contributed by atoms with Crippen molar-refractivity contribution >= 4 is 6.29 Å². The van der Waals surface area contributed by atoms with Gasteiger partial charge in [0.25, 0.3) is 0 Å². The van der Waals surface area contributed by atoms with Crippen LogP contribution in [0.5, 0.6) is 0 Å². The summed E-state index contributed by atoms with van der Waals surface area (Å²) in [6, 6.07) is 8.37. The van der Waals surface area contributed by atoms with Crippen molar-refractivity contribution in [2.75, 3.05) is 0 Å². The molecule has 0 heterocycles. The Hall–Kier alpha value is -1.36. The topological polar surface area (TPSA) is 26.3 Å². The lowest BCUT2D eigenvalue weighted by atomic mass is 10.1. The standard InChI is InChI=1S/C11H11F3O2/c1-10(8-15,11(12,13)14)16-7-9-5-3-2-4-6-9/h2-6,8H,7H2,1H3/t10-/m0/s1. The zero-order chi connectivity index (χ0) is 12.2. The van der Waals surface area contributed by atoms with E-state index in [0.717, 1.165) is 0 Å². The highest BCUT2D eigenvalue weighted by Crippen LogP contribution is 2.32. The van der Waals surface area contributed by atoms with Crippen molar-refractivity contribution in [2.24, 2.45) is 0 Å². The van der Waals surface area contributed by atoms with Gasteiger partial charge in [0.05, 0.1) is 6.61 Å². The molecule has 16 heavy (non-hydrogen) atoms. The van der Waals surface area contributed by atoms with Crippen LogP contribution in [0.3, 0.4) is 0 Å². The molecule has 1 aromatic rings. The van der Waals surface area contributed by atoms with Crippen LogP contribution in [0, 0.1) is 0 Å². The van der Waals surface area contributed by atoms with Crippen molar-refractivity contribution in [2.45, 2.75) is 25.3 Å². The number of ether oxygens (including phenoxy) is 1. The molecular weight excluding hydrogens is 221 g/mol. The number of hydrogen-bond donors (Lipinski definition) is 0. The van der Waals surface area contributed by atoms with Crippen LogP contribution in [0.1, 0.15) is 12.5 Å². The summed E-state index contributed by atoms with van der Waals surface area (Å²) >= 11 is 0. The largest absolute Gasteiger partial charge is 0.424 e. The Morgan fingerprint density at radius 1 is 1.25 bits per heavy atom. The summed E-state index contributed by atoms with van der Waals surface area (Å²) in [6.07, 6.45) is -4.93. The molecule has 88 valence electrons. The fraction of sp³-hybridized carbons (Fsp3) is 0.364. The first kappa shape index (κ1) is 12.7. The Labute approximate surface area is 91.0 Å². The van der Waals surface area contributed by atoms with Gasteiger partial charge in [-0.3, -0.25) is 4.79 Å². The van der Waals surface area contributed by atoms with Crippen LogP contribution in [-0.4, -0.2) is 18.1 Å². The minimum Gasteiger partial charge on any atom is -0.354 e. The summed E-state index contributed by atoms with van der Waals surface area (Å²) in [5.41, 5.74) is -2.16. The molecule has 5 heteroatoms. The van der Waals surface area contributed by atoms with Crippen LogP contribution in [0.25, 0.3) is 0 Å². The monoisotopic (exact) mass is 232 g/mol. The second kappa shape index (κ2) is 4.65. The van der Waals surface area contributed by atoms with Gasteiger partial charge in [-0.15, -0.1) is 0 Å². The maximum absolute atomic E-state index is 12.5. The van der Waals surface area contributed by atoms with Crippen LogP contribution in [-0.2, 0) is 16.1 Å². The smallest absolute Gasteiger partial charge is 0.354 e. The molecule has 0 radical (unpaired) electrons. The zero-order valence-electron chi connectivity index (χ0n) is 8.62. The minimum absolute atomic E-state index is 0.226. The number of aldehydes is 1. The quantitative estimate of drug-likeness (QED) is 0.746. The lowest BCUT2D eigenvalue weighted by molar-refractivity contribution is -0.257. The second-order valence-corrected chi connectivity index (χ2v) is 3.50. The first-order valence-corrected chi connectivity index (χ1v) is 4.60. The molecule has 0 N–H and O–H groups in total. The van der Waals surface area contributed by atoms with E-state index in [-0.39, 0.29) is 12.9 Å². The molecule has 2 nitrogen and oxygen atoms in total. The first-order valence-electron chi connectivity index (χ1n) is 4.60. The molecule has 0 aliphatic heterocycles. The molecule has 0 saturated carbocycles. The third-order valence-electron chi connectivity index (χ3n) is 2.17. The Morgan fingerprint density at radius 3 is 2.25 bits per heavy atom. The summed E-state index contributed by atoms with van der Waals surface area (Å²) in [6.45, 7) is 0.457. The molecule has 1 rings (SSSR count). The molecule has 0 fully saturated rings. The van der Waals surface area contributed by atoms with E-state index in [1.54, 1.807) is 30.3 Å². The highest BCUT2D eigenvalue weighted by Gasteiger charge is 2.52. The molecule has 0 spiro atoms. The molecule has 0 bridgehead atoms. The number of hydrogen-bond acceptors (Lipinski definition) is 2. The van der Waals surface area contributed by atoms with Crippen LogP contribution in [0.4, 0.5) is 13.2 Å². The third-order valence-corrected chi connectivity index (χ3v) is 2.17. The van der Waals surface area contributed by atoms with Crippen molar-refractivity contribution < 1.29 is 22.7 Å². The molecule has 1 atom stereocenters. The van der Waals surface area contributed by atoms with Crippen molar-refractivity contribution in [1.82, 2.24) is 0 Å². The van der Waals surface area contributed by atoms with E-state index in [4.69, 9.17) is 0 Å². The van der Waals surface area contributed by atoms with Gasteiger partial charge >= 0.3 is 6.18 Å². The molecule has 0 saturated heterocycles.